The van der Waals surface area contributed by atoms with Crippen LogP contribution in [-0.2, 0) is 13.6 Å². The van der Waals surface area contributed by atoms with Gasteiger partial charge in [0.2, 0.25) is 0 Å². The average molecular weight is 301 g/mol. The Hall–Kier alpha value is -2.41. The van der Waals surface area contributed by atoms with Gasteiger partial charge < -0.3 is 11.1 Å². The fourth-order valence-corrected chi connectivity index (χ4v) is 3.18. The van der Waals surface area contributed by atoms with E-state index in [4.69, 9.17) is 5.73 Å². The van der Waals surface area contributed by atoms with Gasteiger partial charge in [0.1, 0.15) is 9.71 Å². The second-order valence-corrected chi connectivity index (χ2v) is 5.80. The molecule has 3 rings (SSSR count). The molecule has 3 aromatic heterocycles. The largest absolute Gasteiger partial charge is 0.397 e. The highest BCUT2D eigenvalue weighted by Gasteiger charge is 2.17. The normalized spacial score (nSPS) is 11.0. The van der Waals surface area contributed by atoms with E-state index < -0.39 is 0 Å². The number of nitrogen functional groups attached to an aromatic ring is 1. The van der Waals surface area contributed by atoms with Crippen LogP contribution in [-0.4, -0.2) is 20.7 Å². The lowest BCUT2D eigenvalue weighted by molar-refractivity contribution is 0.0956. The molecule has 0 aliphatic rings. The molecule has 0 aliphatic carbocycles. The number of fused-ring (bicyclic) bond motifs is 1. The van der Waals surface area contributed by atoms with Crippen molar-refractivity contribution < 1.29 is 4.79 Å². The molecule has 7 heteroatoms. The number of nitrogens with one attached hydrogen (secondary N) is 1. The Bertz CT molecular complexity index is 820. The van der Waals surface area contributed by atoms with E-state index in [9.17, 15) is 4.79 Å². The van der Waals surface area contributed by atoms with Gasteiger partial charge in [0, 0.05) is 36.9 Å². The summed E-state index contributed by atoms with van der Waals surface area (Å²) in [6, 6.07) is 3.68. The lowest BCUT2D eigenvalue weighted by atomic mass is 10.2. The highest BCUT2D eigenvalue weighted by atomic mass is 32.1. The van der Waals surface area contributed by atoms with Crippen LogP contribution < -0.4 is 11.1 Å². The Morgan fingerprint density at radius 3 is 3.00 bits per heavy atom. The van der Waals surface area contributed by atoms with Crippen LogP contribution in [0.5, 0.6) is 0 Å². The van der Waals surface area contributed by atoms with E-state index in [0.29, 0.717) is 17.1 Å². The van der Waals surface area contributed by atoms with Crippen molar-refractivity contribution >= 4 is 33.1 Å². The molecule has 21 heavy (non-hydrogen) atoms. The minimum atomic E-state index is -0.182. The van der Waals surface area contributed by atoms with Crippen molar-refractivity contribution in [2.75, 3.05) is 5.73 Å². The molecule has 0 spiro atoms. The van der Waals surface area contributed by atoms with Crippen molar-refractivity contribution in [1.82, 2.24) is 20.1 Å². The molecule has 3 heterocycles. The number of nitrogens with two attached hydrogens (primary N) is 1. The minimum absolute atomic E-state index is 0.182. The van der Waals surface area contributed by atoms with Crippen LogP contribution in [0.15, 0.2) is 24.5 Å². The third-order valence-corrected chi connectivity index (χ3v) is 4.39. The van der Waals surface area contributed by atoms with Gasteiger partial charge in [0.05, 0.1) is 11.4 Å². The first kappa shape index (κ1) is 13.6. The number of amides is 1. The number of hydrogen-bond donors (Lipinski definition) is 2. The number of aromatic nitrogens is 3. The van der Waals surface area contributed by atoms with Crippen LogP contribution in [0.3, 0.4) is 0 Å². The fraction of sp³-hybridized carbons (Fsp3) is 0.214. The number of carbonyl (C=O) groups is 1. The van der Waals surface area contributed by atoms with Crippen molar-refractivity contribution in [1.29, 1.82) is 0 Å². The number of thiophene rings is 1. The smallest absolute Gasteiger partial charge is 0.263 e. The number of anilines is 1. The van der Waals surface area contributed by atoms with Gasteiger partial charge in [0.25, 0.3) is 5.91 Å². The zero-order valence-corrected chi connectivity index (χ0v) is 12.6. The summed E-state index contributed by atoms with van der Waals surface area (Å²) in [5, 5.41) is 7.95. The van der Waals surface area contributed by atoms with Gasteiger partial charge in [-0.05, 0) is 19.1 Å². The molecule has 6 nitrogen and oxygen atoms in total. The van der Waals surface area contributed by atoms with Gasteiger partial charge in [0.15, 0.2) is 0 Å². The van der Waals surface area contributed by atoms with Crippen molar-refractivity contribution in [2.45, 2.75) is 13.5 Å². The van der Waals surface area contributed by atoms with E-state index in [1.165, 1.54) is 11.3 Å². The molecule has 0 fully saturated rings. The van der Waals surface area contributed by atoms with Crippen LogP contribution in [0, 0.1) is 6.92 Å². The number of carbonyl (C=O) groups excluding carboxylic acids is 1. The molecule has 1 amide bonds. The monoisotopic (exact) mass is 301 g/mol. The summed E-state index contributed by atoms with van der Waals surface area (Å²) < 4.78 is 1.73. The van der Waals surface area contributed by atoms with Gasteiger partial charge in [-0.3, -0.25) is 9.48 Å². The maximum atomic E-state index is 12.3. The Balaban J connectivity index is 1.81. The summed E-state index contributed by atoms with van der Waals surface area (Å²) in [5.74, 6) is -0.182. The summed E-state index contributed by atoms with van der Waals surface area (Å²) in [7, 11) is 1.86. The maximum Gasteiger partial charge on any atom is 0.263 e. The van der Waals surface area contributed by atoms with Gasteiger partial charge in [-0.25, -0.2) is 4.98 Å². The highest BCUT2D eigenvalue weighted by molar-refractivity contribution is 7.21. The Morgan fingerprint density at radius 2 is 2.33 bits per heavy atom. The van der Waals surface area contributed by atoms with E-state index in [-0.39, 0.29) is 5.91 Å². The number of hydrogen-bond acceptors (Lipinski definition) is 5. The van der Waals surface area contributed by atoms with Crippen molar-refractivity contribution in [2.24, 2.45) is 7.05 Å². The predicted octanol–water partition coefficient (Wildman–Crippen LogP) is 1.85. The molecule has 0 aliphatic heterocycles. The molecular formula is C14H15N5OS. The van der Waals surface area contributed by atoms with Crippen molar-refractivity contribution in [3.63, 3.8) is 0 Å². The number of pyridine rings is 1. The Kier molecular flexibility index (Phi) is 3.34. The quantitative estimate of drug-likeness (QED) is 0.773. The topological polar surface area (TPSA) is 85.8 Å². The lowest BCUT2D eigenvalue weighted by Crippen LogP contribution is -2.22. The second kappa shape index (κ2) is 5.17. The van der Waals surface area contributed by atoms with Crippen molar-refractivity contribution in [3.05, 3.63) is 40.7 Å². The molecule has 3 aromatic rings. The molecule has 0 saturated heterocycles. The Morgan fingerprint density at radius 1 is 1.52 bits per heavy atom. The van der Waals surface area contributed by atoms with Crippen LogP contribution in [0.4, 0.5) is 5.69 Å². The third kappa shape index (κ3) is 2.47. The van der Waals surface area contributed by atoms with E-state index >= 15 is 0 Å². The molecule has 0 aromatic carbocycles. The van der Waals surface area contributed by atoms with Gasteiger partial charge in [-0.2, -0.15) is 5.10 Å². The van der Waals surface area contributed by atoms with Crippen LogP contribution in [0.25, 0.3) is 10.2 Å². The van der Waals surface area contributed by atoms with Crippen molar-refractivity contribution in [3.8, 4) is 0 Å². The van der Waals surface area contributed by atoms with Crippen LogP contribution >= 0.6 is 11.3 Å². The minimum Gasteiger partial charge on any atom is -0.397 e. The first-order valence-corrected chi connectivity index (χ1v) is 7.28. The predicted molar refractivity (Wildman–Crippen MR) is 83.1 cm³/mol. The maximum absolute atomic E-state index is 12.3. The van der Waals surface area contributed by atoms with Crippen LogP contribution in [0.2, 0.25) is 0 Å². The summed E-state index contributed by atoms with van der Waals surface area (Å²) >= 11 is 1.31. The third-order valence-electron chi connectivity index (χ3n) is 3.27. The van der Waals surface area contributed by atoms with E-state index in [1.807, 2.05) is 32.3 Å². The fourth-order valence-electron chi connectivity index (χ4n) is 2.20. The standard InChI is InChI=1S/C14H15N5OS/c1-8-9(7-19(2)18-8)6-17-13(20)12-11(15)10-4-3-5-16-14(10)21-12/h3-5,7H,6,15H2,1-2H3,(H,17,20). The second-order valence-electron chi connectivity index (χ2n) is 4.80. The van der Waals surface area contributed by atoms with Gasteiger partial charge in [-0.1, -0.05) is 0 Å². The molecule has 0 saturated carbocycles. The average Bonchev–Trinajstić information content (AvgIpc) is 2.97. The SMILES string of the molecule is Cc1nn(C)cc1CNC(=O)c1sc2ncccc2c1N. The summed E-state index contributed by atoms with van der Waals surface area (Å²) in [4.78, 5) is 17.8. The van der Waals surface area contributed by atoms with Gasteiger partial charge >= 0.3 is 0 Å². The molecule has 0 bridgehead atoms. The van der Waals surface area contributed by atoms with E-state index in [1.54, 1.807) is 10.9 Å². The zero-order valence-electron chi connectivity index (χ0n) is 11.8. The number of rotatable bonds is 3. The Labute approximate surface area is 125 Å². The molecule has 0 radical (unpaired) electrons. The van der Waals surface area contributed by atoms with E-state index in [2.05, 4.69) is 15.4 Å². The molecule has 3 N–H and O–H groups in total. The first-order chi connectivity index (χ1) is 10.1. The first-order valence-electron chi connectivity index (χ1n) is 6.46. The molecule has 0 atom stereocenters. The van der Waals surface area contributed by atoms with Gasteiger partial charge in [-0.15, -0.1) is 11.3 Å². The summed E-state index contributed by atoms with van der Waals surface area (Å²) in [6.45, 7) is 2.35. The van der Waals surface area contributed by atoms with Crippen LogP contribution in [0.1, 0.15) is 20.9 Å². The van der Waals surface area contributed by atoms with E-state index in [0.717, 1.165) is 21.5 Å². The number of nitrogens with zero attached hydrogens (tertiary/aromatic N) is 3. The summed E-state index contributed by atoms with van der Waals surface area (Å²) in [6.07, 6.45) is 3.59. The molecule has 108 valence electrons. The number of aryl methyl sites for hydroxylation is 2. The molecule has 0 unspecified atom stereocenters. The molecular weight excluding hydrogens is 286 g/mol. The summed E-state index contributed by atoms with van der Waals surface area (Å²) in [5.41, 5.74) is 8.42. The lowest BCUT2D eigenvalue weighted by Gasteiger charge is -2.03. The highest BCUT2D eigenvalue weighted by Crippen LogP contribution is 2.31. The zero-order chi connectivity index (χ0) is 15.0.